The van der Waals surface area contributed by atoms with Gasteiger partial charge in [-0.05, 0) is 82.7 Å². The third kappa shape index (κ3) is 5.04. The zero-order valence-corrected chi connectivity index (χ0v) is 22.0. The van der Waals surface area contributed by atoms with E-state index >= 15 is 0 Å². The van der Waals surface area contributed by atoms with Crippen LogP contribution in [0.4, 0.5) is 0 Å². The number of hydrogen-bond acceptors (Lipinski definition) is 3. The number of H-pyrrole nitrogens is 1. The van der Waals surface area contributed by atoms with Crippen molar-refractivity contribution in [1.29, 1.82) is 0 Å². The van der Waals surface area contributed by atoms with Crippen molar-refractivity contribution in [2.75, 3.05) is 0 Å². The van der Waals surface area contributed by atoms with Gasteiger partial charge in [-0.1, -0.05) is 45.9 Å². The van der Waals surface area contributed by atoms with Crippen molar-refractivity contribution < 1.29 is 4.79 Å². The largest absolute Gasteiger partial charge is 0.354 e. The number of nitrogens with one attached hydrogen (secondary N) is 2. The summed E-state index contributed by atoms with van der Waals surface area (Å²) in [6.45, 7) is 12.1. The first-order valence-corrected chi connectivity index (χ1v) is 12.5. The second-order valence-electron chi connectivity index (χ2n) is 10.7. The lowest BCUT2D eigenvalue weighted by molar-refractivity contribution is 0.0946. The Morgan fingerprint density at radius 3 is 2.27 bits per heavy atom. The molecular weight excluding hydrogens is 444 g/mol. The molecular formula is C28H34N2OS2. The number of aryl methyl sites for hydroxylation is 1. The molecule has 0 atom stereocenters. The maximum Gasteiger partial charge on any atom is 0.267 e. The maximum atomic E-state index is 12.7. The van der Waals surface area contributed by atoms with Crippen LogP contribution in [0.3, 0.4) is 0 Å². The number of carbonyl (C=O) groups is 1. The molecule has 4 rings (SSSR count). The van der Waals surface area contributed by atoms with Crippen LogP contribution in [-0.2, 0) is 23.8 Å². The van der Waals surface area contributed by atoms with E-state index in [2.05, 4.69) is 82.3 Å². The molecule has 1 amide bonds. The van der Waals surface area contributed by atoms with E-state index in [1.54, 1.807) is 0 Å². The normalized spacial score (nSPS) is 16.3. The topological polar surface area (TPSA) is 44.9 Å². The van der Waals surface area contributed by atoms with E-state index in [4.69, 9.17) is 0 Å². The Morgan fingerprint density at radius 1 is 0.939 bits per heavy atom. The Hall–Kier alpha value is -2.11. The summed E-state index contributed by atoms with van der Waals surface area (Å²) in [6.07, 6.45) is 3.20. The molecule has 0 aliphatic heterocycles. The zero-order chi connectivity index (χ0) is 24.0. The minimum atomic E-state index is -0.117. The van der Waals surface area contributed by atoms with Crippen LogP contribution < -0.4 is 5.32 Å². The lowest BCUT2D eigenvalue weighted by atomic mass is 9.62. The Labute approximate surface area is 208 Å². The molecule has 3 nitrogen and oxygen atoms in total. The number of fused-ring (bicyclic) bond motifs is 1. The quantitative estimate of drug-likeness (QED) is 0.300. The molecule has 2 aromatic carbocycles. The standard InChI is InChI=1S/C28H34N2OS2/c1-17-12-22-23(28(4,5)11-10-27(22,2)3)14-19(17)13-20-7-9-24(30-20)26(31)29-16-18-6-8-21(32)15-25(18)33/h6-9,12,14-15,30,32-33H,10-11,13,16H2,1-5H3,(H,29,31). The molecule has 1 aliphatic rings. The Kier molecular flexibility index (Phi) is 6.49. The van der Waals surface area contributed by atoms with Crippen LogP contribution >= 0.6 is 25.3 Å². The molecule has 0 unspecified atom stereocenters. The van der Waals surface area contributed by atoms with E-state index < -0.39 is 0 Å². The van der Waals surface area contributed by atoms with Gasteiger partial charge in [0.2, 0.25) is 0 Å². The van der Waals surface area contributed by atoms with Gasteiger partial charge >= 0.3 is 0 Å². The van der Waals surface area contributed by atoms with Gasteiger partial charge in [0, 0.05) is 28.5 Å². The molecule has 1 aromatic heterocycles. The molecule has 5 heteroatoms. The Morgan fingerprint density at radius 2 is 1.61 bits per heavy atom. The second kappa shape index (κ2) is 8.92. The summed E-state index contributed by atoms with van der Waals surface area (Å²) in [6, 6.07) is 14.4. The summed E-state index contributed by atoms with van der Waals surface area (Å²) in [7, 11) is 0. The van der Waals surface area contributed by atoms with Crippen LogP contribution in [0, 0.1) is 6.92 Å². The summed E-state index contributed by atoms with van der Waals surface area (Å²) in [4.78, 5) is 17.7. The van der Waals surface area contributed by atoms with Crippen molar-refractivity contribution in [2.45, 2.75) is 81.0 Å². The van der Waals surface area contributed by atoms with Gasteiger partial charge in [-0.25, -0.2) is 0 Å². The first-order chi connectivity index (χ1) is 15.5. The molecule has 0 saturated carbocycles. The van der Waals surface area contributed by atoms with Gasteiger partial charge in [-0.3, -0.25) is 4.79 Å². The van der Waals surface area contributed by atoms with Gasteiger partial charge < -0.3 is 10.3 Å². The minimum absolute atomic E-state index is 0.117. The van der Waals surface area contributed by atoms with Crippen LogP contribution in [0.2, 0.25) is 0 Å². The number of hydrogen-bond donors (Lipinski definition) is 4. The highest BCUT2D eigenvalue weighted by molar-refractivity contribution is 7.81. The molecule has 3 aromatic rings. The average molecular weight is 479 g/mol. The zero-order valence-electron chi connectivity index (χ0n) is 20.2. The van der Waals surface area contributed by atoms with Gasteiger partial charge in [0.1, 0.15) is 5.69 Å². The number of amides is 1. The minimum Gasteiger partial charge on any atom is -0.354 e. The molecule has 2 N–H and O–H groups in total. The van der Waals surface area contributed by atoms with Gasteiger partial charge in [-0.2, -0.15) is 0 Å². The summed E-state index contributed by atoms with van der Waals surface area (Å²) in [5, 5.41) is 2.98. The highest BCUT2D eigenvalue weighted by atomic mass is 32.1. The molecule has 0 bridgehead atoms. The van der Waals surface area contributed by atoms with Crippen molar-refractivity contribution in [3.63, 3.8) is 0 Å². The van der Waals surface area contributed by atoms with Crippen molar-refractivity contribution >= 4 is 31.2 Å². The van der Waals surface area contributed by atoms with Crippen LogP contribution in [0.25, 0.3) is 0 Å². The van der Waals surface area contributed by atoms with Crippen LogP contribution in [0.5, 0.6) is 0 Å². The third-order valence-electron chi connectivity index (χ3n) is 7.19. The number of carbonyl (C=O) groups excluding carboxylic acids is 1. The van der Waals surface area contributed by atoms with E-state index in [-0.39, 0.29) is 16.7 Å². The van der Waals surface area contributed by atoms with Crippen molar-refractivity contribution in [2.24, 2.45) is 0 Å². The number of thiol groups is 2. The third-order valence-corrected chi connectivity index (χ3v) is 7.88. The molecule has 174 valence electrons. The summed E-state index contributed by atoms with van der Waals surface area (Å²) >= 11 is 8.80. The summed E-state index contributed by atoms with van der Waals surface area (Å²) < 4.78 is 0. The lowest BCUT2D eigenvalue weighted by Crippen LogP contribution is -2.34. The van der Waals surface area contributed by atoms with Gasteiger partial charge in [0.05, 0.1) is 0 Å². The van der Waals surface area contributed by atoms with E-state index in [0.29, 0.717) is 12.2 Å². The molecule has 1 heterocycles. The molecule has 1 aliphatic carbocycles. The predicted molar refractivity (Wildman–Crippen MR) is 142 cm³/mol. The number of benzene rings is 2. The highest BCUT2D eigenvalue weighted by Crippen LogP contribution is 2.46. The van der Waals surface area contributed by atoms with Gasteiger partial charge in [-0.15, -0.1) is 25.3 Å². The van der Waals surface area contributed by atoms with E-state index in [9.17, 15) is 4.79 Å². The summed E-state index contributed by atoms with van der Waals surface area (Å²) in [5.41, 5.74) is 8.58. The second-order valence-corrected chi connectivity index (χ2v) is 11.7. The first kappa shape index (κ1) is 24.0. The molecule has 0 spiro atoms. The van der Waals surface area contributed by atoms with Crippen LogP contribution in [0.15, 0.2) is 52.3 Å². The molecule has 0 fully saturated rings. The van der Waals surface area contributed by atoms with Crippen molar-refractivity contribution in [3.05, 3.63) is 81.7 Å². The molecule has 33 heavy (non-hydrogen) atoms. The van der Waals surface area contributed by atoms with Crippen LogP contribution in [0.1, 0.15) is 84.5 Å². The van der Waals surface area contributed by atoms with Crippen molar-refractivity contribution in [1.82, 2.24) is 10.3 Å². The first-order valence-electron chi connectivity index (χ1n) is 11.6. The summed E-state index contributed by atoms with van der Waals surface area (Å²) in [5.74, 6) is -0.117. The SMILES string of the molecule is Cc1cc2c(cc1Cc1ccc(C(=O)NCc3ccc(S)cc3S)[nH]1)C(C)(C)CCC2(C)C. The van der Waals surface area contributed by atoms with E-state index in [1.807, 2.05) is 30.3 Å². The fourth-order valence-electron chi connectivity index (χ4n) is 4.81. The smallest absolute Gasteiger partial charge is 0.267 e. The fourth-order valence-corrected chi connectivity index (χ4v) is 5.41. The van der Waals surface area contributed by atoms with Gasteiger partial charge in [0.25, 0.3) is 5.91 Å². The Balaban J connectivity index is 1.50. The molecule has 0 saturated heterocycles. The molecule has 0 radical (unpaired) electrons. The monoisotopic (exact) mass is 478 g/mol. The van der Waals surface area contributed by atoms with E-state index in [0.717, 1.165) is 27.5 Å². The predicted octanol–water partition coefficient (Wildman–Crippen LogP) is 6.77. The Bertz CT molecular complexity index is 1210. The van der Waals surface area contributed by atoms with Crippen molar-refractivity contribution in [3.8, 4) is 0 Å². The number of aromatic amines is 1. The fraction of sp³-hybridized carbons (Fsp3) is 0.393. The van der Waals surface area contributed by atoms with Gasteiger partial charge in [0.15, 0.2) is 0 Å². The van der Waals surface area contributed by atoms with Crippen LogP contribution in [-0.4, -0.2) is 10.9 Å². The number of rotatable bonds is 5. The highest BCUT2D eigenvalue weighted by Gasteiger charge is 2.37. The average Bonchev–Trinajstić information content (AvgIpc) is 3.20. The number of aromatic nitrogens is 1. The maximum absolute atomic E-state index is 12.7. The van der Waals surface area contributed by atoms with E-state index in [1.165, 1.54) is 35.1 Å². The lowest BCUT2D eigenvalue weighted by Gasteiger charge is -2.42.